The van der Waals surface area contributed by atoms with Gasteiger partial charge >= 0.3 is 5.97 Å². The van der Waals surface area contributed by atoms with Gasteiger partial charge in [-0.05, 0) is 60.1 Å². The van der Waals surface area contributed by atoms with Crippen molar-refractivity contribution in [1.82, 2.24) is 10.3 Å². The molecule has 0 saturated heterocycles. The highest BCUT2D eigenvalue weighted by atomic mass is 16.5. The molecular weight excluding hydrogens is 448 g/mol. The van der Waals surface area contributed by atoms with Crippen molar-refractivity contribution in [2.75, 3.05) is 13.2 Å². The Morgan fingerprint density at radius 3 is 2.42 bits per heavy atom. The summed E-state index contributed by atoms with van der Waals surface area (Å²) in [5, 5.41) is 3.60. The number of aromatic nitrogens is 1. The second-order valence-electron chi connectivity index (χ2n) is 8.93. The first-order valence-electron chi connectivity index (χ1n) is 12.3. The predicted molar refractivity (Wildman–Crippen MR) is 142 cm³/mol. The van der Waals surface area contributed by atoms with Crippen molar-refractivity contribution < 1.29 is 14.3 Å². The molecule has 0 bridgehead atoms. The van der Waals surface area contributed by atoms with Crippen LogP contribution in [0.25, 0.3) is 22.6 Å². The third-order valence-electron chi connectivity index (χ3n) is 6.43. The lowest BCUT2D eigenvalue weighted by atomic mass is 10.0. The van der Waals surface area contributed by atoms with Gasteiger partial charge in [0.05, 0.1) is 16.8 Å². The molecule has 5 nitrogen and oxygen atoms in total. The van der Waals surface area contributed by atoms with E-state index < -0.39 is 5.97 Å². The van der Waals surface area contributed by atoms with Crippen LogP contribution in [0.1, 0.15) is 45.6 Å². The van der Waals surface area contributed by atoms with Gasteiger partial charge in [-0.15, -0.1) is 0 Å². The molecule has 36 heavy (non-hydrogen) atoms. The molecule has 1 aliphatic rings. The molecule has 1 aromatic heterocycles. The lowest BCUT2D eigenvalue weighted by Gasteiger charge is -2.12. The standard InChI is InChI=1S/C31H28N2O3/c34-28(32-19-9-14-22-10-3-1-4-11-22)21-36-31(35)29-25-15-7-8-16-27(25)33-30-24(17-18-26(29)30)20-23-12-5-2-6-13-23/h1-8,10-13,15-16,20H,9,14,17-19,21H2,(H,32,34). The molecule has 0 atom stereocenters. The molecule has 1 heterocycles. The van der Waals surface area contributed by atoms with Crippen LogP contribution >= 0.6 is 0 Å². The number of carbonyl (C=O) groups is 2. The zero-order valence-corrected chi connectivity index (χ0v) is 20.1. The van der Waals surface area contributed by atoms with Crippen LogP contribution in [-0.4, -0.2) is 30.0 Å². The smallest absolute Gasteiger partial charge is 0.339 e. The summed E-state index contributed by atoms with van der Waals surface area (Å²) in [5.74, 6) is -0.777. The molecule has 1 N–H and O–H groups in total. The number of carbonyl (C=O) groups excluding carboxylic acids is 2. The van der Waals surface area contributed by atoms with Crippen LogP contribution in [0.5, 0.6) is 0 Å². The average Bonchev–Trinajstić information content (AvgIpc) is 3.31. The summed E-state index contributed by atoms with van der Waals surface area (Å²) in [4.78, 5) is 30.5. The van der Waals surface area contributed by atoms with Crippen LogP contribution < -0.4 is 5.32 Å². The van der Waals surface area contributed by atoms with E-state index in [9.17, 15) is 9.59 Å². The van der Waals surface area contributed by atoms with Crippen LogP contribution in [-0.2, 0) is 22.4 Å². The van der Waals surface area contributed by atoms with Crippen molar-refractivity contribution in [3.8, 4) is 0 Å². The van der Waals surface area contributed by atoms with E-state index >= 15 is 0 Å². The maximum absolute atomic E-state index is 13.3. The predicted octanol–water partition coefficient (Wildman–Crippen LogP) is 5.63. The molecule has 4 aromatic rings. The maximum Gasteiger partial charge on any atom is 0.339 e. The molecule has 180 valence electrons. The monoisotopic (exact) mass is 476 g/mol. The highest BCUT2D eigenvalue weighted by Crippen LogP contribution is 2.37. The molecule has 5 rings (SSSR count). The number of amides is 1. The Hall–Kier alpha value is -4.25. The fraction of sp³-hybridized carbons (Fsp3) is 0.194. The van der Waals surface area contributed by atoms with Gasteiger partial charge in [0, 0.05) is 11.9 Å². The lowest BCUT2D eigenvalue weighted by molar-refractivity contribution is -0.124. The van der Waals surface area contributed by atoms with E-state index in [2.05, 4.69) is 35.7 Å². The first kappa shape index (κ1) is 23.5. The number of nitrogens with one attached hydrogen (secondary N) is 1. The third kappa shape index (κ3) is 5.36. The molecule has 5 heteroatoms. The fourth-order valence-electron chi connectivity index (χ4n) is 4.68. The first-order valence-corrected chi connectivity index (χ1v) is 12.3. The van der Waals surface area contributed by atoms with Crippen LogP contribution in [0.4, 0.5) is 0 Å². The Morgan fingerprint density at radius 2 is 1.61 bits per heavy atom. The minimum Gasteiger partial charge on any atom is -0.452 e. The molecular formula is C31H28N2O3. The van der Waals surface area contributed by atoms with Gasteiger partial charge in [-0.2, -0.15) is 0 Å². The minimum absolute atomic E-state index is 0.295. The Balaban J connectivity index is 1.29. The Bertz CT molecular complexity index is 1410. The molecule has 3 aromatic carbocycles. The largest absolute Gasteiger partial charge is 0.452 e. The zero-order chi connectivity index (χ0) is 24.7. The summed E-state index contributed by atoms with van der Waals surface area (Å²) < 4.78 is 5.49. The Kier molecular flexibility index (Phi) is 7.17. The van der Waals surface area contributed by atoms with E-state index in [0.717, 1.165) is 52.6 Å². The number of hydrogen-bond acceptors (Lipinski definition) is 4. The number of nitrogens with zero attached hydrogens (tertiary/aromatic N) is 1. The number of aryl methyl sites for hydroxylation is 1. The number of hydrogen-bond donors (Lipinski definition) is 1. The van der Waals surface area contributed by atoms with E-state index in [1.165, 1.54) is 5.56 Å². The Morgan fingerprint density at radius 1 is 0.889 bits per heavy atom. The SMILES string of the molecule is O=C(COC(=O)c1c2c(nc3ccccc13)C(=Cc1ccccc1)CC2)NCCCc1ccccc1. The van der Waals surface area contributed by atoms with Gasteiger partial charge in [0.1, 0.15) is 0 Å². The van der Waals surface area contributed by atoms with Crippen LogP contribution in [0.2, 0.25) is 0 Å². The fourth-order valence-corrected chi connectivity index (χ4v) is 4.68. The van der Waals surface area contributed by atoms with Gasteiger partial charge in [0.2, 0.25) is 0 Å². The Labute approximate surface area is 210 Å². The van der Waals surface area contributed by atoms with Gasteiger partial charge in [-0.1, -0.05) is 78.9 Å². The lowest BCUT2D eigenvalue weighted by Crippen LogP contribution is -2.30. The second-order valence-corrected chi connectivity index (χ2v) is 8.93. The summed E-state index contributed by atoms with van der Waals surface area (Å²) in [5.41, 5.74) is 6.44. The van der Waals surface area contributed by atoms with E-state index in [-0.39, 0.29) is 12.5 Å². The molecule has 0 fully saturated rings. The molecule has 0 saturated carbocycles. The number of fused-ring (bicyclic) bond motifs is 2. The minimum atomic E-state index is -0.481. The van der Waals surface area contributed by atoms with E-state index in [4.69, 9.17) is 9.72 Å². The molecule has 1 aliphatic carbocycles. The van der Waals surface area contributed by atoms with Crippen LogP contribution in [0, 0.1) is 0 Å². The van der Waals surface area contributed by atoms with Crippen molar-refractivity contribution in [2.24, 2.45) is 0 Å². The van der Waals surface area contributed by atoms with Crippen molar-refractivity contribution in [3.63, 3.8) is 0 Å². The van der Waals surface area contributed by atoms with Gasteiger partial charge < -0.3 is 10.1 Å². The van der Waals surface area contributed by atoms with Crippen LogP contribution in [0.3, 0.4) is 0 Å². The molecule has 0 unspecified atom stereocenters. The van der Waals surface area contributed by atoms with Crippen molar-refractivity contribution in [1.29, 1.82) is 0 Å². The number of esters is 1. The van der Waals surface area contributed by atoms with Crippen molar-refractivity contribution >= 4 is 34.4 Å². The summed E-state index contributed by atoms with van der Waals surface area (Å²) in [7, 11) is 0. The van der Waals surface area contributed by atoms with Crippen molar-refractivity contribution in [2.45, 2.75) is 25.7 Å². The van der Waals surface area contributed by atoms with E-state index in [0.29, 0.717) is 18.5 Å². The number of rotatable bonds is 8. The number of ether oxygens (including phenoxy) is 1. The quantitative estimate of drug-likeness (QED) is 0.264. The summed E-state index contributed by atoms with van der Waals surface area (Å²) >= 11 is 0. The first-order chi connectivity index (χ1) is 17.7. The number of benzene rings is 3. The zero-order valence-electron chi connectivity index (χ0n) is 20.1. The van der Waals surface area contributed by atoms with Crippen LogP contribution in [0.15, 0.2) is 84.9 Å². The molecule has 1 amide bonds. The molecule has 0 aliphatic heterocycles. The summed E-state index contributed by atoms with van der Waals surface area (Å²) in [6.45, 7) is 0.231. The number of para-hydroxylation sites is 1. The van der Waals surface area contributed by atoms with E-state index in [1.54, 1.807) is 0 Å². The molecule has 0 radical (unpaired) electrons. The van der Waals surface area contributed by atoms with E-state index in [1.807, 2.05) is 60.7 Å². The van der Waals surface area contributed by atoms with Crippen molar-refractivity contribution in [3.05, 3.63) is 113 Å². The number of pyridine rings is 1. The summed E-state index contributed by atoms with van der Waals surface area (Å²) in [6.07, 6.45) is 5.35. The molecule has 0 spiro atoms. The highest BCUT2D eigenvalue weighted by molar-refractivity contribution is 6.07. The third-order valence-corrected chi connectivity index (χ3v) is 6.43. The normalized spacial score (nSPS) is 13.5. The maximum atomic E-state index is 13.3. The topological polar surface area (TPSA) is 68.3 Å². The van der Waals surface area contributed by atoms with Gasteiger partial charge in [-0.25, -0.2) is 9.78 Å². The summed E-state index contributed by atoms with van der Waals surface area (Å²) in [6, 6.07) is 27.9. The number of allylic oxidation sites excluding steroid dienone is 1. The highest BCUT2D eigenvalue weighted by Gasteiger charge is 2.27. The average molecular weight is 477 g/mol. The second kappa shape index (κ2) is 11.0. The van der Waals surface area contributed by atoms with Gasteiger partial charge in [-0.3, -0.25) is 4.79 Å². The van der Waals surface area contributed by atoms with Gasteiger partial charge in [0.15, 0.2) is 6.61 Å². The van der Waals surface area contributed by atoms with Gasteiger partial charge in [0.25, 0.3) is 5.91 Å².